The maximum atomic E-state index is 12.1. The highest BCUT2D eigenvalue weighted by molar-refractivity contribution is 5.92. The molecule has 2 N–H and O–H groups in total. The summed E-state index contributed by atoms with van der Waals surface area (Å²) in [6.07, 6.45) is -3.47. The Morgan fingerprint density at radius 2 is 1.96 bits per heavy atom. The predicted molar refractivity (Wildman–Crippen MR) is 84.2 cm³/mol. The van der Waals surface area contributed by atoms with Crippen molar-refractivity contribution in [3.05, 3.63) is 59.3 Å². The molecule has 0 radical (unpaired) electrons. The van der Waals surface area contributed by atoms with E-state index in [1.165, 1.54) is 18.2 Å². The van der Waals surface area contributed by atoms with Crippen LogP contribution in [0.3, 0.4) is 0 Å². The van der Waals surface area contributed by atoms with Gasteiger partial charge in [-0.2, -0.15) is 0 Å². The third-order valence-electron chi connectivity index (χ3n) is 3.23. The van der Waals surface area contributed by atoms with Crippen LogP contribution >= 0.6 is 0 Å². The zero-order chi connectivity index (χ0) is 17.5. The van der Waals surface area contributed by atoms with E-state index in [1.54, 1.807) is 12.1 Å². The van der Waals surface area contributed by atoms with E-state index in [4.69, 9.17) is 4.74 Å². The van der Waals surface area contributed by atoms with E-state index in [9.17, 15) is 18.7 Å². The molecule has 0 saturated heterocycles. The summed E-state index contributed by atoms with van der Waals surface area (Å²) in [5.41, 5.74) is 1.78. The summed E-state index contributed by atoms with van der Waals surface area (Å²) in [4.78, 5) is 15.9. The highest BCUT2D eigenvalue weighted by Crippen LogP contribution is 2.13. The standard InChI is InChI=1S/C17H18F2N2O3/c1-11-5-7-12(8-6-11)14(22)9-20-17(23)13-3-2-4-16(21-13)24-10-15(18)19/h2-8,14-15,22H,9-10H2,1H3,(H,20,23). The fourth-order valence-electron chi connectivity index (χ4n) is 1.96. The highest BCUT2D eigenvalue weighted by Gasteiger charge is 2.13. The summed E-state index contributed by atoms with van der Waals surface area (Å²) in [6, 6.07) is 11.6. The van der Waals surface area contributed by atoms with Crippen LogP contribution in [0.15, 0.2) is 42.5 Å². The molecule has 0 aliphatic heterocycles. The van der Waals surface area contributed by atoms with Gasteiger partial charge >= 0.3 is 0 Å². The van der Waals surface area contributed by atoms with Crippen LogP contribution in [-0.4, -0.2) is 35.6 Å². The smallest absolute Gasteiger partial charge is 0.272 e. The normalized spacial score (nSPS) is 12.0. The molecule has 128 valence electrons. The zero-order valence-electron chi connectivity index (χ0n) is 13.1. The Balaban J connectivity index is 1.92. The van der Waals surface area contributed by atoms with Gasteiger partial charge in [-0.05, 0) is 18.6 Å². The molecule has 5 nitrogen and oxygen atoms in total. The van der Waals surface area contributed by atoms with Gasteiger partial charge in [0.2, 0.25) is 5.88 Å². The third kappa shape index (κ3) is 5.27. The van der Waals surface area contributed by atoms with Crippen molar-refractivity contribution in [2.75, 3.05) is 13.2 Å². The molecule has 0 aliphatic carbocycles. The number of carbonyl (C=O) groups excluding carboxylic acids is 1. The molecule has 0 bridgehead atoms. The minimum atomic E-state index is -2.62. The van der Waals surface area contributed by atoms with Crippen LogP contribution in [0.5, 0.6) is 5.88 Å². The minimum Gasteiger partial charge on any atom is -0.472 e. The van der Waals surface area contributed by atoms with Crippen molar-refractivity contribution in [1.82, 2.24) is 10.3 Å². The van der Waals surface area contributed by atoms with Gasteiger partial charge in [-0.1, -0.05) is 35.9 Å². The van der Waals surface area contributed by atoms with E-state index >= 15 is 0 Å². The van der Waals surface area contributed by atoms with Crippen molar-refractivity contribution in [3.8, 4) is 5.88 Å². The van der Waals surface area contributed by atoms with E-state index in [2.05, 4.69) is 10.3 Å². The fourth-order valence-corrected chi connectivity index (χ4v) is 1.96. The lowest BCUT2D eigenvalue weighted by Gasteiger charge is -2.12. The summed E-state index contributed by atoms with van der Waals surface area (Å²) < 4.78 is 29.0. The second kappa shape index (κ2) is 8.35. The molecular weight excluding hydrogens is 318 g/mol. The second-order valence-corrected chi connectivity index (χ2v) is 5.20. The lowest BCUT2D eigenvalue weighted by molar-refractivity contribution is 0.0791. The molecule has 2 rings (SSSR count). The summed E-state index contributed by atoms with van der Waals surface area (Å²) in [6.45, 7) is 1.16. The van der Waals surface area contributed by atoms with Crippen LogP contribution < -0.4 is 10.1 Å². The molecule has 0 saturated carbocycles. The molecule has 1 aromatic heterocycles. The maximum absolute atomic E-state index is 12.1. The zero-order valence-corrected chi connectivity index (χ0v) is 13.1. The van der Waals surface area contributed by atoms with Crippen LogP contribution in [0.2, 0.25) is 0 Å². The van der Waals surface area contributed by atoms with Crippen molar-refractivity contribution < 1.29 is 23.4 Å². The van der Waals surface area contributed by atoms with Gasteiger partial charge in [-0.25, -0.2) is 13.8 Å². The number of aromatic nitrogens is 1. The number of benzene rings is 1. The topological polar surface area (TPSA) is 71.5 Å². The van der Waals surface area contributed by atoms with Gasteiger partial charge in [0, 0.05) is 12.6 Å². The lowest BCUT2D eigenvalue weighted by Crippen LogP contribution is -2.29. The average Bonchev–Trinajstić information content (AvgIpc) is 2.58. The Morgan fingerprint density at radius 3 is 2.62 bits per heavy atom. The Bertz CT molecular complexity index is 678. The molecule has 2 aromatic rings. The number of nitrogens with zero attached hydrogens (tertiary/aromatic N) is 1. The average molecular weight is 336 g/mol. The Hall–Kier alpha value is -2.54. The Labute approximate surface area is 138 Å². The number of aryl methyl sites for hydroxylation is 1. The van der Waals surface area contributed by atoms with Crippen LogP contribution in [0, 0.1) is 6.92 Å². The van der Waals surface area contributed by atoms with Crippen LogP contribution in [0.4, 0.5) is 8.78 Å². The molecule has 1 amide bonds. The van der Waals surface area contributed by atoms with Crippen molar-refractivity contribution in [1.29, 1.82) is 0 Å². The Morgan fingerprint density at radius 1 is 1.25 bits per heavy atom. The number of nitrogens with one attached hydrogen (secondary N) is 1. The van der Waals surface area contributed by atoms with Gasteiger partial charge < -0.3 is 15.2 Å². The number of ether oxygens (including phenoxy) is 1. The van der Waals surface area contributed by atoms with Gasteiger partial charge in [0.05, 0.1) is 6.10 Å². The number of aliphatic hydroxyl groups is 1. The van der Waals surface area contributed by atoms with Crippen LogP contribution in [-0.2, 0) is 0 Å². The van der Waals surface area contributed by atoms with Crippen molar-refractivity contribution >= 4 is 5.91 Å². The number of rotatable bonds is 7. The fraction of sp³-hybridized carbons (Fsp3) is 0.294. The number of carbonyl (C=O) groups is 1. The van der Waals surface area contributed by atoms with E-state index in [0.717, 1.165) is 5.56 Å². The number of aliphatic hydroxyl groups excluding tert-OH is 1. The molecule has 0 fully saturated rings. The van der Waals surface area contributed by atoms with E-state index in [-0.39, 0.29) is 18.1 Å². The molecule has 24 heavy (non-hydrogen) atoms. The van der Waals surface area contributed by atoms with Crippen molar-refractivity contribution in [3.63, 3.8) is 0 Å². The number of alkyl halides is 2. The monoisotopic (exact) mass is 336 g/mol. The van der Waals surface area contributed by atoms with Gasteiger partial charge in [-0.15, -0.1) is 0 Å². The van der Waals surface area contributed by atoms with Gasteiger partial charge in [0.25, 0.3) is 12.3 Å². The number of amides is 1. The van der Waals surface area contributed by atoms with E-state index < -0.39 is 25.0 Å². The SMILES string of the molecule is Cc1ccc(C(O)CNC(=O)c2cccc(OCC(F)F)n2)cc1. The molecule has 1 heterocycles. The van der Waals surface area contributed by atoms with E-state index in [0.29, 0.717) is 5.56 Å². The third-order valence-corrected chi connectivity index (χ3v) is 3.23. The first-order chi connectivity index (χ1) is 11.5. The van der Waals surface area contributed by atoms with Gasteiger partial charge in [0.15, 0.2) is 6.61 Å². The predicted octanol–water partition coefficient (Wildman–Crippen LogP) is 2.50. The first kappa shape index (κ1) is 17.8. The molecular formula is C17H18F2N2O3. The largest absolute Gasteiger partial charge is 0.472 e. The number of pyridine rings is 1. The highest BCUT2D eigenvalue weighted by atomic mass is 19.3. The first-order valence-corrected chi connectivity index (χ1v) is 7.36. The van der Waals surface area contributed by atoms with E-state index in [1.807, 2.05) is 19.1 Å². The summed E-state index contributed by atoms with van der Waals surface area (Å²) in [7, 11) is 0. The molecule has 0 aliphatic rings. The minimum absolute atomic E-state index is 0.00565. The van der Waals surface area contributed by atoms with Crippen LogP contribution in [0.1, 0.15) is 27.7 Å². The lowest BCUT2D eigenvalue weighted by atomic mass is 10.1. The number of hydrogen-bond acceptors (Lipinski definition) is 4. The van der Waals surface area contributed by atoms with Crippen LogP contribution in [0.25, 0.3) is 0 Å². The maximum Gasteiger partial charge on any atom is 0.272 e. The molecule has 1 atom stereocenters. The van der Waals surface area contributed by atoms with Crippen molar-refractivity contribution in [2.45, 2.75) is 19.5 Å². The summed E-state index contributed by atoms with van der Waals surface area (Å²) in [5, 5.41) is 12.6. The molecule has 7 heteroatoms. The first-order valence-electron chi connectivity index (χ1n) is 7.36. The second-order valence-electron chi connectivity index (χ2n) is 5.20. The quantitative estimate of drug-likeness (QED) is 0.815. The van der Waals surface area contributed by atoms with Gasteiger partial charge in [0.1, 0.15) is 5.69 Å². The molecule has 1 aromatic carbocycles. The number of hydrogen-bond donors (Lipinski definition) is 2. The summed E-state index contributed by atoms with van der Waals surface area (Å²) in [5.74, 6) is -0.578. The molecule has 0 spiro atoms. The molecule has 1 unspecified atom stereocenters. The van der Waals surface area contributed by atoms with Gasteiger partial charge in [-0.3, -0.25) is 4.79 Å². The summed E-state index contributed by atoms with van der Waals surface area (Å²) >= 11 is 0. The Kier molecular flexibility index (Phi) is 6.20. The van der Waals surface area contributed by atoms with Crippen molar-refractivity contribution in [2.24, 2.45) is 0 Å². The number of halogens is 2.